The zero-order valence-electron chi connectivity index (χ0n) is 18.0. The number of halogens is 1. The predicted molar refractivity (Wildman–Crippen MR) is 122 cm³/mol. The highest BCUT2D eigenvalue weighted by Crippen LogP contribution is 2.37. The van der Waals surface area contributed by atoms with Crippen LogP contribution in [0.3, 0.4) is 0 Å². The van der Waals surface area contributed by atoms with Gasteiger partial charge in [0.05, 0.1) is 36.5 Å². The van der Waals surface area contributed by atoms with E-state index in [1.165, 1.54) is 32.4 Å². The Bertz CT molecular complexity index is 1620. The predicted octanol–water partition coefficient (Wildman–Crippen LogP) is 4.28. The van der Waals surface area contributed by atoms with Crippen molar-refractivity contribution < 1.29 is 22.3 Å². The van der Waals surface area contributed by atoms with Gasteiger partial charge in [0.1, 0.15) is 11.3 Å². The molecule has 0 aliphatic carbocycles. The van der Waals surface area contributed by atoms with Crippen molar-refractivity contribution in [1.29, 1.82) is 0 Å². The summed E-state index contributed by atoms with van der Waals surface area (Å²) in [5.74, 6) is 0.108. The van der Waals surface area contributed by atoms with Gasteiger partial charge in [-0.15, -0.1) is 0 Å². The van der Waals surface area contributed by atoms with Crippen LogP contribution in [-0.4, -0.2) is 41.6 Å². The summed E-state index contributed by atoms with van der Waals surface area (Å²) in [4.78, 5) is 11.8. The molecule has 0 atom stereocenters. The molecule has 0 bridgehead atoms. The Morgan fingerprint density at radius 2 is 1.82 bits per heavy atom. The maximum Gasteiger partial charge on any atom is 0.269 e. The van der Waals surface area contributed by atoms with Gasteiger partial charge in [0.15, 0.2) is 11.4 Å². The zero-order valence-corrected chi connectivity index (χ0v) is 18.8. The number of hydrogen-bond donors (Lipinski definition) is 1. The first-order chi connectivity index (χ1) is 15.8. The van der Waals surface area contributed by atoms with Gasteiger partial charge in [-0.1, -0.05) is 17.7 Å². The molecule has 0 radical (unpaired) electrons. The molecule has 168 valence electrons. The number of methoxy groups -OCH3 is 2. The molecule has 0 aliphatic rings. The number of rotatable bonds is 5. The first kappa shape index (κ1) is 21.0. The maximum absolute atomic E-state index is 13.9. The maximum atomic E-state index is 13.9. The summed E-state index contributed by atoms with van der Waals surface area (Å²) >= 11 is 0. The third kappa shape index (κ3) is 3.30. The van der Waals surface area contributed by atoms with Crippen molar-refractivity contribution in [2.75, 3.05) is 14.2 Å². The average Bonchev–Trinajstić information content (AvgIpc) is 3.38. The molecule has 0 aliphatic heterocycles. The number of fused-ring (bicyclic) bond motifs is 2. The van der Waals surface area contributed by atoms with Gasteiger partial charge in [-0.2, -0.15) is 0 Å². The molecule has 0 amide bonds. The van der Waals surface area contributed by atoms with E-state index < -0.39 is 15.8 Å². The lowest BCUT2D eigenvalue weighted by atomic mass is 10.2. The van der Waals surface area contributed by atoms with E-state index in [4.69, 9.17) is 9.47 Å². The van der Waals surface area contributed by atoms with E-state index >= 15 is 0 Å². The van der Waals surface area contributed by atoms with E-state index in [0.29, 0.717) is 27.7 Å². The van der Waals surface area contributed by atoms with E-state index in [1.807, 2.05) is 6.92 Å². The fourth-order valence-electron chi connectivity index (χ4n) is 3.79. The number of nitrogens with zero attached hydrogens (tertiary/aromatic N) is 3. The minimum atomic E-state index is -4.07. The first-order valence-corrected chi connectivity index (χ1v) is 11.4. The highest BCUT2D eigenvalue weighted by Gasteiger charge is 2.27. The standard InChI is InChI=1S/C23H19FN4O4S/c1-13-4-6-16(7-5-13)33(29,30)28-19(9-14-8-15(24)11-26-22(14)28)17-12-25-18-10-20(31-2)23(32-3)27-21(17)18/h4-12,25H,1-3H3. The Hall–Kier alpha value is -3.92. The third-order valence-corrected chi connectivity index (χ3v) is 7.11. The lowest BCUT2D eigenvalue weighted by Crippen LogP contribution is -2.14. The molecule has 1 N–H and O–H groups in total. The van der Waals surface area contributed by atoms with E-state index in [0.717, 1.165) is 15.7 Å². The van der Waals surface area contributed by atoms with Crippen LogP contribution in [0, 0.1) is 12.7 Å². The number of ether oxygens (including phenoxy) is 2. The lowest BCUT2D eigenvalue weighted by Gasteiger charge is -2.12. The van der Waals surface area contributed by atoms with Gasteiger partial charge in [-0.3, -0.25) is 0 Å². The Balaban J connectivity index is 1.84. The molecule has 8 nitrogen and oxygen atoms in total. The van der Waals surface area contributed by atoms with E-state index in [-0.39, 0.29) is 22.1 Å². The van der Waals surface area contributed by atoms with Crippen molar-refractivity contribution in [3.8, 4) is 22.9 Å². The Kier molecular flexibility index (Phi) is 4.82. The minimum absolute atomic E-state index is 0.0880. The zero-order chi connectivity index (χ0) is 23.3. The summed E-state index contributed by atoms with van der Waals surface area (Å²) in [6, 6.07) is 11.0. The summed E-state index contributed by atoms with van der Waals surface area (Å²) in [6.45, 7) is 1.87. The number of hydrogen-bond acceptors (Lipinski definition) is 6. The van der Waals surface area contributed by atoms with E-state index in [9.17, 15) is 12.8 Å². The van der Waals surface area contributed by atoms with Gasteiger partial charge in [0.2, 0.25) is 0 Å². The number of H-pyrrole nitrogens is 1. The third-order valence-electron chi connectivity index (χ3n) is 5.40. The Morgan fingerprint density at radius 1 is 1.06 bits per heavy atom. The second-order valence-electron chi connectivity index (χ2n) is 7.48. The van der Waals surface area contributed by atoms with Gasteiger partial charge in [0, 0.05) is 23.2 Å². The van der Waals surface area contributed by atoms with Crippen molar-refractivity contribution in [3.63, 3.8) is 0 Å². The van der Waals surface area contributed by atoms with Crippen molar-refractivity contribution in [1.82, 2.24) is 18.9 Å². The average molecular weight is 466 g/mol. The summed E-state index contributed by atoms with van der Waals surface area (Å²) in [6.07, 6.45) is 2.64. The smallest absolute Gasteiger partial charge is 0.269 e. The van der Waals surface area contributed by atoms with Crippen molar-refractivity contribution >= 4 is 32.1 Å². The number of pyridine rings is 2. The highest BCUT2D eigenvalue weighted by molar-refractivity contribution is 7.90. The normalized spacial score (nSPS) is 11.9. The molecule has 5 rings (SSSR count). The molecule has 1 aromatic carbocycles. The lowest BCUT2D eigenvalue weighted by molar-refractivity contribution is 0.344. The summed E-state index contributed by atoms with van der Waals surface area (Å²) in [7, 11) is -1.10. The van der Waals surface area contributed by atoms with Crippen LogP contribution in [0.5, 0.6) is 11.6 Å². The molecular formula is C23H19FN4O4S. The molecule has 4 heterocycles. The Morgan fingerprint density at radius 3 is 2.52 bits per heavy atom. The van der Waals surface area contributed by atoms with Crippen molar-refractivity contribution in [3.05, 3.63) is 66.2 Å². The van der Waals surface area contributed by atoms with Gasteiger partial charge in [0.25, 0.3) is 15.9 Å². The molecule has 10 heteroatoms. The fraction of sp³-hybridized carbons (Fsp3) is 0.130. The van der Waals surface area contributed by atoms with Gasteiger partial charge < -0.3 is 14.5 Å². The molecule has 0 saturated heterocycles. The number of aryl methyl sites for hydroxylation is 1. The minimum Gasteiger partial charge on any atom is -0.491 e. The van der Waals surface area contributed by atoms with Crippen molar-refractivity contribution in [2.45, 2.75) is 11.8 Å². The molecule has 5 aromatic rings. The first-order valence-electron chi connectivity index (χ1n) is 9.93. The Labute approximate surface area is 188 Å². The van der Waals surface area contributed by atoms with Crippen LogP contribution in [0.25, 0.3) is 33.3 Å². The van der Waals surface area contributed by atoms with E-state index in [1.54, 1.807) is 30.5 Å². The number of aromatic nitrogens is 4. The van der Waals surface area contributed by atoms with E-state index in [2.05, 4.69) is 15.0 Å². The fourth-order valence-corrected chi connectivity index (χ4v) is 5.27. The van der Waals surface area contributed by atoms with Crippen LogP contribution >= 0.6 is 0 Å². The molecule has 33 heavy (non-hydrogen) atoms. The van der Waals surface area contributed by atoms with Gasteiger partial charge >= 0.3 is 0 Å². The molecule has 0 spiro atoms. The topological polar surface area (TPSA) is 99.1 Å². The largest absolute Gasteiger partial charge is 0.491 e. The van der Waals surface area contributed by atoms with Gasteiger partial charge in [-0.25, -0.2) is 26.7 Å². The summed E-state index contributed by atoms with van der Waals surface area (Å²) in [5.41, 5.74) is 2.90. The molecule has 0 saturated carbocycles. The van der Waals surface area contributed by atoms with Crippen LogP contribution in [0.4, 0.5) is 4.39 Å². The second-order valence-corrected chi connectivity index (χ2v) is 9.26. The van der Waals surface area contributed by atoms with Gasteiger partial charge in [-0.05, 0) is 31.2 Å². The molecule has 0 unspecified atom stereocenters. The van der Waals surface area contributed by atoms with Crippen LogP contribution in [-0.2, 0) is 10.0 Å². The van der Waals surface area contributed by atoms with Crippen LogP contribution in [0.2, 0.25) is 0 Å². The van der Waals surface area contributed by atoms with Crippen molar-refractivity contribution in [2.24, 2.45) is 0 Å². The number of aromatic amines is 1. The SMILES string of the molecule is COc1cc2[nH]cc(-c3cc4cc(F)cnc4n3S(=O)(=O)c3ccc(C)cc3)c2nc1OC. The number of benzene rings is 1. The number of nitrogens with one attached hydrogen (secondary N) is 1. The molecule has 4 aromatic heterocycles. The van der Waals surface area contributed by atoms with Crippen LogP contribution in [0.15, 0.2) is 59.8 Å². The molecular weight excluding hydrogens is 447 g/mol. The summed E-state index contributed by atoms with van der Waals surface area (Å²) < 4.78 is 53.2. The summed E-state index contributed by atoms with van der Waals surface area (Å²) in [5, 5.41) is 0.343. The van der Waals surface area contributed by atoms with Crippen LogP contribution in [0.1, 0.15) is 5.56 Å². The molecule has 0 fully saturated rings. The second kappa shape index (κ2) is 7.59. The quantitative estimate of drug-likeness (QED) is 0.415. The highest BCUT2D eigenvalue weighted by atomic mass is 32.2. The monoisotopic (exact) mass is 466 g/mol. The van der Waals surface area contributed by atoms with Crippen LogP contribution < -0.4 is 9.47 Å².